The van der Waals surface area contributed by atoms with E-state index in [1.165, 1.54) is 18.1 Å². The Kier molecular flexibility index (Phi) is 6.58. The van der Waals surface area contributed by atoms with Gasteiger partial charge in [-0.05, 0) is 25.3 Å². The first-order chi connectivity index (χ1) is 16.5. The van der Waals surface area contributed by atoms with Crippen LogP contribution < -0.4 is 15.8 Å². The van der Waals surface area contributed by atoms with Gasteiger partial charge in [-0.2, -0.15) is 0 Å². The van der Waals surface area contributed by atoms with Gasteiger partial charge in [0.15, 0.2) is 0 Å². The summed E-state index contributed by atoms with van der Waals surface area (Å²) >= 11 is 0. The van der Waals surface area contributed by atoms with E-state index < -0.39 is 62.0 Å². The highest BCUT2D eigenvalue weighted by molar-refractivity contribution is 7.91. The molecule has 1 unspecified atom stereocenters. The third-order valence-electron chi connectivity index (χ3n) is 7.41. The number of nitrogens with one attached hydrogen (secondary N) is 2. The van der Waals surface area contributed by atoms with Crippen LogP contribution >= 0.6 is 0 Å². The summed E-state index contributed by atoms with van der Waals surface area (Å²) in [7, 11) is -2.29. The average Bonchev–Trinajstić information content (AvgIpc) is 3.76. The zero-order valence-electron chi connectivity index (χ0n) is 19.6. The fourth-order valence-electron chi connectivity index (χ4n) is 4.99. The number of rotatable bonds is 9. The smallest absolute Gasteiger partial charge is 0.259 e. The highest BCUT2D eigenvalue weighted by atomic mass is 32.2. The quantitative estimate of drug-likeness (QED) is 0.289. The molecule has 4 aliphatic rings. The first kappa shape index (κ1) is 25.4. The molecule has 3 aliphatic carbocycles. The minimum absolute atomic E-state index is 0.0760. The molecule has 0 radical (unpaired) electrons. The average molecular weight is 509 g/mol. The Bertz CT molecular complexity index is 1100. The van der Waals surface area contributed by atoms with Crippen molar-refractivity contribution in [3.05, 3.63) is 36.6 Å². The molecule has 0 aromatic heterocycles. The molecule has 5 atom stereocenters. The van der Waals surface area contributed by atoms with Crippen LogP contribution in [0.15, 0.2) is 36.6 Å². The largest absolute Gasteiger partial charge is 0.501 e. The van der Waals surface area contributed by atoms with Crippen molar-refractivity contribution in [1.29, 1.82) is 0 Å². The number of carbonyl (C=O) groups is 3. The van der Waals surface area contributed by atoms with Crippen LogP contribution in [0.2, 0.25) is 0 Å². The standard InChI is InChI=1S/C23H32N4O7S/c1-3-14-10-23(14,21(30)26-35(32,33)17-7-8-17)25-20(29)18-11-22(31,13-27(18)19(28)12-24)15-5-4-6-16(9-15)34-2/h3-6,14-15,17-18,31H,1,7-13,24H2,2H3,(H,25,29)(H,26,30)/t14-,15?,18+,22+,23-/m1/s1. The number of β-amino-alcohol motifs (C(OH)–C–C–N with tert-alkyl or cyclic N) is 1. The Labute approximate surface area is 204 Å². The summed E-state index contributed by atoms with van der Waals surface area (Å²) in [5, 5.41) is 13.6. The van der Waals surface area contributed by atoms with Crippen LogP contribution in [0.5, 0.6) is 0 Å². The number of ether oxygens (including phenoxy) is 1. The molecular formula is C23H32N4O7S. The SMILES string of the molecule is C=C[C@@H]1C[C@]1(NC(=O)[C@@H]1C[C@@](O)(C2C=CC=C(OC)C2)CN1C(=O)CN)C(=O)NS(=O)(=O)C1CC1. The second-order valence-electron chi connectivity index (χ2n) is 9.76. The van der Waals surface area contributed by atoms with Gasteiger partial charge in [-0.1, -0.05) is 18.2 Å². The topological polar surface area (TPSA) is 168 Å². The minimum Gasteiger partial charge on any atom is -0.501 e. The van der Waals surface area contributed by atoms with Gasteiger partial charge in [0.05, 0.1) is 36.8 Å². The summed E-state index contributed by atoms with van der Waals surface area (Å²) in [5.41, 5.74) is 2.67. The number of sulfonamides is 1. The predicted octanol–water partition coefficient (Wildman–Crippen LogP) is -0.947. The predicted molar refractivity (Wildman–Crippen MR) is 126 cm³/mol. The number of likely N-dealkylation sites (tertiary alicyclic amines) is 1. The molecule has 35 heavy (non-hydrogen) atoms. The van der Waals surface area contributed by atoms with Crippen LogP contribution in [0.3, 0.4) is 0 Å². The first-order valence-electron chi connectivity index (χ1n) is 11.6. The molecule has 4 rings (SSSR count). The van der Waals surface area contributed by atoms with Crippen LogP contribution in [-0.2, 0) is 29.1 Å². The molecule has 1 aliphatic heterocycles. The lowest BCUT2D eigenvalue weighted by molar-refractivity contribution is -0.139. The summed E-state index contributed by atoms with van der Waals surface area (Å²) < 4.78 is 32.0. The van der Waals surface area contributed by atoms with Crippen LogP contribution in [0.4, 0.5) is 0 Å². The third kappa shape index (κ3) is 4.74. The van der Waals surface area contributed by atoms with Crippen molar-refractivity contribution in [1.82, 2.24) is 14.9 Å². The summed E-state index contributed by atoms with van der Waals surface area (Å²) in [5.74, 6) is -2.21. The van der Waals surface area contributed by atoms with Crippen molar-refractivity contribution in [3.63, 3.8) is 0 Å². The molecule has 5 N–H and O–H groups in total. The molecule has 11 nitrogen and oxygen atoms in total. The molecule has 1 saturated heterocycles. The zero-order valence-corrected chi connectivity index (χ0v) is 20.4. The van der Waals surface area contributed by atoms with Gasteiger partial charge in [0.1, 0.15) is 11.6 Å². The molecule has 12 heteroatoms. The molecule has 0 bridgehead atoms. The Morgan fingerprint density at radius 3 is 2.63 bits per heavy atom. The van der Waals surface area contributed by atoms with Gasteiger partial charge in [-0.25, -0.2) is 8.42 Å². The molecule has 3 amide bonds. The van der Waals surface area contributed by atoms with Crippen molar-refractivity contribution in [2.45, 2.75) is 54.5 Å². The van der Waals surface area contributed by atoms with E-state index in [-0.39, 0.29) is 25.9 Å². The van der Waals surface area contributed by atoms with Gasteiger partial charge in [-0.3, -0.25) is 19.1 Å². The number of carbonyl (C=O) groups excluding carboxylic acids is 3. The number of methoxy groups -OCH3 is 1. The Balaban J connectivity index is 1.53. The van der Waals surface area contributed by atoms with Crippen LogP contribution in [0.1, 0.15) is 32.1 Å². The zero-order chi connectivity index (χ0) is 25.6. The van der Waals surface area contributed by atoms with Gasteiger partial charge < -0.3 is 25.8 Å². The molecule has 1 heterocycles. The van der Waals surface area contributed by atoms with E-state index in [0.29, 0.717) is 25.0 Å². The van der Waals surface area contributed by atoms with Gasteiger partial charge in [-0.15, -0.1) is 6.58 Å². The minimum atomic E-state index is -3.82. The van der Waals surface area contributed by atoms with E-state index in [9.17, 15) is 27.9 Å². The highest BCUT2D eigenvalue weighted by Gasteiger charge is 2.62. The lowest BCUT2D eigenvalue weighted by Gasteiger charge is -2.32. The number of aliphatic hydroxyl groups is 1. The number of nitrogens with zero attached hydrogens (tertiary/aromatic N) is 1. The third-order valence-corrected chi connectivity index (χ3v) is 9.23. The van der Waals surface area contributed by atoms with Crippen LogP contribution in [0.25, 0.3) is 0 Å². The number of hydrogen-bond donors (Lipinski definition) is 4. The normalized spacial score (nSPS) is 34.1. The summed E-state index contributed by atoms with van der Waals surface area (Å²) in [6.45, 7) is 3.20. The number of allylic oxidation sites excluding steroid dienone is 3. The molecular weight excluding hydrogens is 476 g/mol. The maximum Gasteiger partial charge on any atom is 0.259 e. The Hall–Kier alpha value is -2.70. The first-order valence-corrected chi connectivity index (χ1v) is 13.2. The number of nitrogens with two attached hydrogens (primary N) is 1. The number of hydrogen-bond acceptors (Lipinski definition) is 8. The Morgan fingerprint density at radius 2 is 2.06 bits per heavy atom. The summed E-state index contributed by atoms with van der Waals surface area (Å²) in [6, 6.07) is -1.09. The van der Waals surface area contributed by atoms with Crippen LogP contribution in [0, 0.1) is 11.8 Å². The van der Waals surface area contributed by atoms with Crippen molar-refractivity contribution in [2.24, 2.45) is 17.6 Å². The lowest BCUT2D eigenvalue weighted by Crippen LogP contribution is -2.57. The van der Waals surface area contributed by atoms with Gasteiger partial charge in [0.2, 0.25) is 21.8 Å². The van der Waals surface area contributed by atoms with Gasteiger partial charge in [0.25, 0.3) is 5.91 Å². The van der Waals surface area contributed by atoms with Crippen molar-refractivity contribution < 1.29 is 32.6 Å². The lowest BCUT2D eigenvalue weighted by atomic mass is 9.80. The monoisotopic (exact) mass is 508 g/mol. The van der Waals surface area contributed by atoms with E-state index in [1.54, 1.807) is 18.2 Å². The molecule has 192 valence electrons. The Morgan fingerprint density at radius 1 is 1.34 bits per heavy atom. The van der Waals surface area contributed by atoms with Crippen molar-refractivity contribution in [2.75, 3.05) is 20.2 Å². The molecule has 0 spiro atoms. The van der Waals surface area contributed by atoms with Gasteiger partial charge >= 0.3 is 0 Å². The van der Waals surface area contributed by atoms with E-state index in [2.05, 4.69) is 16.6 Å². The highest BCUT2D eigenvalue weighted by Crippen LogP contribution is 2.46. The van der Waals surface area contributed by atoms with Crippen LogP contribution in [-0.4, -0.2) is 78.8 Å². The summed E-state index contributed by atoms with van der Waals surface area (Å²) in [6.07, 6.45) is 8.30. The second-order valence-corrected chi connectivity index (χ2v) is 11.7. The fourth-order valence-corrected chi connectivity index (χ4v) is 6.35. The van der Waals surface area contributed by atoms with E-state index >= 15 is 0 Å². The second kappa shape index (κ2) is 9.07. The maximum atomic E-state index is 13.4. The molecule has 2 saturated carbocycles. The number of amides is 3. The molecule has 0 aromatic rings. The van der Waals surface area contributed by atoms with E-state index in [1.807, 2.05) is 0 Å². The van der Waals surface area contributed by atoms with Crippen molar-refractivity contribution >= 4 is 27.7 Å². The summed E-state index contributed by atoms with van der Waals surface area (Å²) in [4.78, 5) is 40.2. The molecule has 0 aromatic carbocycles. The maximum absolute atomic E-state index is 13.4. The van der Waals surface area contributed by atoms with Crippen molar-refractivity contribution in [3.8, 4) is 0 Å². The van der Waals surface area contributed by atoms with E-state index in [4.69, 9.17) is 10.5 Å². The van der Waals surface area contributed by atoms with E-state index in [0.717, 1.165) is 0 Å². The molecule has 3 fully saturated rings. The van der Waals surface area contributed by atoms with Gasteiger partial charge in [0, 0.05) is 24.7 Å². The fraction of sp³-hybridized carbons (Fsp3) is 0.609.